The first-order valence-corrected chi connectivity index (χ1v) is 13.4. The zero-order valence-electron chi connectivity index (χ0n) is 21.4. The number of nitrogens with zero attached hydrogens (tertiary/aromatic N) is 2. The molecule has 2 heterocycles. The van der Waals surface area contributed by atoms with Crippen LogP contribution >= 0.6 is 0 Å². The minimum absolute atomic E-state index is 0. The van der Waals surface area contributed by atoms with E-state index < -0.39 is 0 Å². The van der Waals surface area contributed by atoms with Crippen LogP contribution in [-0.4, -0.2) is 61.1 Å². The Hall–Kier alpha value is -2.08. The van der Waals surface area contributed by atoms with Gasteiger partial charge in [0.05, 0.1) is 12.6 Å². The highest BCUT2D eigenvalue weighted by atomic mass is 16.6. The smallest absolute Gasteiger partial charge is 0.409 e. The highest BCUT2D eigenvalue weighted by Crippen LogP contribution is 2.48. The van der Waals surface area contributed by atoms with E-state index in [1.165, 1.54) is 30.4 Å². The van der Waals surface area contributed by atoms with Crippen molar-refractivity contribution in [1.29, 1.82) is 0 Å². The summed E-state index contributed by atoms with van der Waals surface area (Å²) in [5.74, 6) is 1.15. The molecule has 34 heavy (non-hydrogen) atoms. The van der Waals surface area contributed by atoms with Crippen molar-refractivity contribution in [3.8, 4) is 0 Å². The van der Waals surface area contributed by atoms with Crippen molar-refractivity contribution in [2.45, 2.75) is 77.2 Å². The Labute approximate surface area is 206 Å². The van der Waals surface area contributed by atoms with Gasteiger partial charge in [-0.2, -0.15) is 0 Å². The summed E-state index contributed by atoms with van der Waals surface area (Å²) >= 11 is 0. The number of ether oxygens (including phenoxy) is 1. The molecule has 0 aromatic heterocycles. The maximum Gasteiger partial charge on any atom is 0.409 e. The van der Waals surface area contributed by atoms with Gasteiger partial charge in [0, 0.05) is 21.4 Å². The monoisotopic (exact) mass is 471 g/mol. The summed E-state index contributed by atoms with van der Waals surface area (Å²) in [6.07, 6.45) is 7.88. The second kappa shape index (κ2) is 11.1. The molecule has 3 aliphatic rings. The van der Waals surface area contributed by atoms with Crippen molar-refractivity contribution in [3.63, 3.8) is 0 Å². The number of piperidine rings is 2. The molecule has 2 fully saturated rings. The lowest BCUT2D eigenvalue weighted by Crippen LogP contribution is -2.46. The Balaban J connectivity index is 0.00000342. The number of carbonyl (C=O) groups excluding carboxylic acids is 2. The standard InChI is InChI=1S/C28H43N3O3.H2/c1-21(2)20-34-27(33)31-16-10-23(11-17-31)9-15-30-18-13-28(14-19-30)12-8-26(29-22(3)32)24-6-4-5-7-25(24)28;/h4-7,21,23,26H,8-20H2,1-3H3,(H,29,32);1H. The second-order valence-electron chi connectivity index (χ2n) is 11.2. The summed E-state index contributed by atoms with van der Waals surface area (Å²) in [4.78, 5) is 28.4. The maximum atomic E-state index is 12.2. The van der Waals surface area contributed by atoms with Crippen molar-refractivity contribution >= 4 is 12.0 Å². The molecule has 1 aromatic carbocycles. The van der Waals surface area contributed by atoms with Crippen LogP contribution < -0.4 is 5.32 Å². The van der Waals surface area contributed by atoms with Gasteiger partial charge in [0.1, 0.15) is 0 Å². The van der Waals surface area contributed by atoms with Crippen LogP contribution in [0.4, 0.5) is 4.79 Å². The number of hydrogen-bond acceptors (Lipinski definition) is 4. The number of benzene rings is 1. The fraction of sp³-hybridized carbons (Fsp3) is 0.714. The molecule has 1 spiro atoms. The average Bonchev–Trinajstić information content (AvgIpc) is 2.84. The third-order valence-electron chi connectivity index (χ3n) is 8.28. The van der Waals surface area contributed by atoms with Gasteiger partial charge in [-0.1, -0.05) is 38.1 Å². The Morgan fingerprint density at radius 1 is 1.09 bits per heavy atom. The molecule has 1 aromatic rings. The molecule has 2 amide bonds. The molecular weight excluding hydrogens is 426 g/mol. The first kappa shape index (κ1) is 25.0. The third-order valence-corrected chi connectivity index (χ3v) is 8.28. The summed E-state index contributed by atoms with van der Waals surface area (Å²) in [7, 11) is 0. The van der Waals surface area contributed by atoms with Crippen molar-refractivity contribution in [3.05, 3.63) is 35.4 Å². The van der Waals surface area contributed by atoms with Gasteiger partial charge in [-0.25, -0.2) is 4.79 Å². The number of rotatable bonds is 6. The Morgan fingerprint density at radius 2 is 1.79 bits per heavy atom. The van der Waals surface area contributed by atoms with E-state index in [9.17, 15) is 9.59 Å². The van der Waals surface area contributed by atoms with E-state index in [4.69, 9.17) is 4.74 Å². The molecule has 2 aliphatic heterocycles. The van der Waals surface area contributed by atoms with Gasteiger partial charge in [0.15, 0.2) is 0 Å². The van der Waals surface area contributed by atoms with E-state index in [-0.39, 0.29) is 24.9 Å². The molecule has 6 nitrogen and oxygen atoms in total. The summed E-state index contributed by atoms with van der Waals surface area (Å²) in [6, 6.07) is 8.95. The molecule has 0 bridgehead atoms. The molecule has 4 rings (SSSR count). The molecule has 0 saturated carbocycles. The van der Waals surface area contributed by atoms with Gasteiger partial charge in [-0.3, -0.25) is 4.79 Å². The third kappa shape index (κ3) is 5.94. The Kier molecular flexibility index (Phi) is 8.18. The number of carbonyl (C=O) groups is 2. The molecule has 2 saturated heterocycles. The van der Waals surface area contributed by atoms with Gasteiger partial charge >= 0.3 is 6.09 Å². The molecule has 1 unspecified atom stereocenters. The van der Waals surface area contributed by atoms with Gasteiger partial charge in [-0.15, -0.1) is 0 Å². The van der Waals surface area contributed by atoms with Crippen molar-refractivity contribution in [2.75, 3.05) is 39.3 Å². The van der Waals surface area contributed by atoms with Gasteiger partial charge in [0.25, 0.3) is 0 Å². The molecule has 1 aliphatic carbocycles. The number of amides is 2. The minimum Gasteiger partial charge on any atom is -0.449 e. The van der Waals surface area contributed by atoms with Gasteiger partial charge < -0.3 is 19.9 Å². The van der Waals surface area contributed by atoms with E-state index in [1.54, 1.807) is 6.92 Å². The fourth-order valence-corrected chi connectivity index (χ4v) is 6.21. The first-order valence-electron chi connectivity index (χ1n) is 13.4. The lowest BCUT2D eigenvalue weighted by Gasteiger charge is -2.47. The quantitative estimate of drug-likeness (QED) is 0.625. The van der Waals surface area contributed by atoms with E-state index in [0.29, 0.717) is 18.4 Å². The number of likely N-dealkylation sites (tertiary alicyclic amines) is 2. The lowest BCUT2D eigenvalue weighted by atomic mass is 9.63. The largest absolute Gasteiger partial charge is 0.449 e. The molecular formula is C28H45N3O3. The maximum absolute atomic E-state index is 12.2. The predicted octanol–water partition coefficient (Wildman–Crippen LogP) is 5.13. The zero-order chi connectivity index (χ0) is 24.1. The van der Waals surface area contributed by atoms with E-state index in [1.807, 2.05) is 4.90 Å². The van der Waals surface area contributed by atoms with Crippen LogP contribution in [0.2, 0.25) is 0 Å². The van der Waals surface area contributed by atoms with Gasteiger partial charge in [0.2, 0.25) is 5.91 Å². The Bertz CT molecular complexity index is 846. The summed E-state index contributed by atoms with van der Waals surface area (Å²) in [5.41, 5.74) is 3.07. The summed E-state index contributed by atoms with van der Waals surface area (Å²) < 4.78 is 5.40. The topological polar surface area (TPSA) is 61.9 Å². The fourth-order valence-electron chi connectivity index (χ4n) is 6.21. The summed E-state index contributed by atoms with van der Waals surface area (Å²) in [5, 5.41) is 3.17. The van der Waals surface area contributed by atoms with Crippen LogP contribution in [0.1, 0.15) is 84.3 Å². The predicted molar refractivity (Wildman–Crippen MR) is 137 cm³/mol. The second-order valence-corrected chi connectivity index (χ2v) is 11.2. The van der Waals surface area contributed by atoms with Crippen LogP contribution in [0.25, 0.3) is 0 Å². The van der Waals surface area contributed by atoms with Crippen LogP contribution in [0.15, 0.2) is 24.3 Å². The van der Waals surface area contributed by atoms with Crippen molar-refractivity contribution in [2.24, 2.45) is 11.8 Å². The van der Waals surface area contributed by atoms with Crippen LogP contribution in [0, 0.1) is 11.8 Å². The lowest BCUT2D eigenvalue weighted by molar-refractivity contribution is -0.119. The minimum atomic E-state index is -0.137. The number of nitrogens with one attached hydrogen (secondary N) is 1. The van der Waals surface area contributed by atoms with E-state index >= 15 is 0 Å². The number of fused-ring (bicyclic) bond motifs is 2. The first-order chi connectivity index (χ1) is 16.4. The highest BCUT2D eigenvalue weighted by molar-refractivity contribution is 5.73. The zero-order valence-corrected chi connectivity index (χ0v) is 21.4. The van der Waals surface area contributed by atoms with Crippen LogP contribution in [0.3, 0.4) is 0 Å². The highest BCUT2D eigenvalue weighted by Gasteiger charge is 2.42. The van der Waals surface area contributed by atoms with Crippen LogP contribution in [0.5, 0.6) is 0 Å². The average molecular weight is 472 g/mol. The van der Waals surface area contributed by atoms with E-state index in [2.05, 4.69) is 48.3 Å². The summed E-state index contributed by atoms with van der Waals surface area (Å²) in [6.45, 7) is 11.4. The van der Waals surface area contributed by atoms with Crippen molar-refractivity contribution in [1.82, 2.24) is 15.1 Å². The van der Waals surface area contributed by atoms with Crippen molar-refractivity contribution < 1.29 is 15.8 Å². The normalized spacial score (nSPS) is 23.1. The van der Waals surface area contributed by atoms with Crippen LogP contribution in [-0.2, 0) is 14.9 Å². The molecule has 0 radical (unpaired) electrons. The molecule has 1 atom stereocenters. The molecule has 6 heteroatoms. The number of hydrogen-bond donors (Lipinski definition) is 1. The molecule has 1 N–H and O–H groups in total. The van der Waals surface area contributed by atoms with Gasteiger partial charge in [-0.05, 0) is 93.0 Å². The Morgan fingerprint density at radius 3 is 2.47 bits per heavy atom. The SMILES string of the molecule is CC(=O)NC1CCC2(CCN(CCC3CCN(C(=O)OCC(C)C)CC3)CC2)c2ccccc21.[HH]. The molecule has 190 valence electrons. The van der Waals surface area contributed by atoms with E-state index in [0.717, 1.165) is 58.4 Å².